The maximum atomic E-state index is 7.49. The van der Waals surface area contributed by atoms with Crippen molar-refractivity contribution in [2.75, 3.05) is 11.6 Å². The van der Waals surface area contributed by atoms with E-state index in [1.54, 1.807) is 12.3 Å². The van der Waals surface area contributed by atoms with E-state index in [9.17, 15) is 0 Å². The number of nitrogen functional groups attached to an aromatic ring is 2. The number of hydrogen-bond acceptors (Lipinski definition) is 3. The number of hydrogen-bond donors (Lipinski definition) is 3. The zero-order chi connectivity index (χ0) is 8.43. The van der Waals surface area contributed by atoms with Crippen molar-refractivity contribution in [1.82, 2.24) is 4.68 Å². The summed E-state index contributed by atoms with van der Waals surface area (Å²) in [6.07, 6.45) is 2.32. The Labute approximate surface area is 64.9 Å². The molecule has 0 radical (unpaired) electrons. The smallest absolute Gasteiger partial charge is 0.148 e. The van der Waals surface area contributed by atoms with E-state index in [4.69, 9.17) is 17.0 Å². The second-order valence-corrected chi connectivity index (χ2v) is 2.36. The third kappa shape index (κ3) is 1.19. The molecule has 60 valence electrons. The lowest BCUT2D eigenvalue weighted by molar-refractivity contribution is 0.847. The van der Waals surface area contributed by atoms with Crippen LogP contribution < -0.4 is 17.1 Å². The first-order chi connectivity index (χ1) is 5.16. The molecule has 0 amide bonds. The minimum absolute atomic E-state index is 0.285. The topological polar surface area (TPSA) is 80.8 Å². The van der Waals surface area contributed by atoms with Crippen molar-refractivity contribution in [2.45, 2.75) is 13.3 Å². The fraction of sp³-hybridized carbons (Fsp3) is 0.286. The predicted octanol–water partition coefficient (Wildman–Crippen LogP) is -0.174. The van der Waals surface area contributed by atoms with Gasteiger partial charge in [-0.3, -0.25) is 10.1 Å². The average Bonchev–Trinajstić information content (AvgIpc) is 1.99. The van der Waals surface area contributed by atoms with Gasteiger partial charge < -0.3 is 11.6 Å². The van der Waals surface area contributed by atoms with E-state index >= 15 is 0 Å². The first-order valence-electron chi connectivity index (χ1n) is 3.46. The number of aromatic nitrogens is 1. The normalized spacial score (nSPS) is 9.91. The second kappa shape index (κ2) is 2.65. The SMILES string of the molecule is CCc1c(N)ccn(N)c1=N. The van der Waals surface area contributed by atoms with E-state index in [0.29, 0.717) is 5.69 Å². The molecule has 0 atom stereocenters. The fourth-order valence-corrected chi connectivity index (χ4v) is 1.000. The van der Waals surface area contributed by atoms with Gasteiger partial charge in [-0.15, -0.1) is 0 Å². The maximum absolute atomic E-state index is 7.49. The van der Waals surface area contributed by atoms with Crippen molar-refractivity contribution in [1.29, 1.82) is 5.41 Å². The summed E-state index contributed by atoms with van der Waals surface area (Å²) in [6.45, 7) is 1.95. The van der Waals surface area contributed by atoms with E-state index in [-0.39, 0.29) is 5.49 Å². The molecule has 4 heteroatoms. The van der Waals surface area contributed by atoms with Crippen molar-refractivity contribution in [3.05, 3.63) is 23.3 Å². The largest absolute Gasteiger partial charge is 0.398 e. The van der Waals surface area contributed by atoms with Gasteiger partial charge in [0, 0.05) is 17.4 Å². The number of nitrogens with zero attached hydrogens (tertiary/aromatic N) is 1. The molecule has 0 aliphatic rings. The summed E-state index contributed by atoms with van der Waals surface area (Å²) in [6, 6.07) is 1.71. The highest BCUT2D eigenvalue weighted by atomic mass is 15.3. The van der Waals surface area contributed by atoms with Gasteiger partial charge in [-0.2, -0.15) is 0 Å². The Hall–Kier alpha value is -1.45. The van der Waals surface area contributed by atoms with Gasteiger partial charge in [0.15, 0.2) is 0 Å². The molecule has 1 heterocycles. The number of pyridine rings is 1. The van der Waals surface area contributed by atoms with Gasteiger partial charge in [0.25, 0.3) is 0 Å². The van der Waals surface area contributed by atoms with Crippen molar-refractivity contribution in [3.63, 3.8) is 0 Å². The molecule has 4 nitrogen and oxygen atoms in total. The molecular weight excluding hydrogens is 140 g/mol. The van der Waals surface area contributed by atoms with Gasteiger partial charge in [-0.25, -0.2) is 0 Å². The van der Waals surface area contributed by atoms with Crippen LogP contribution in [0.1, 0.15) is 12.5 Å². The van der Waals surface area contributed by atoms with Crippen LogP contribution in [-0.4, -0.2) is 4.68 Å². The van der Waals surface area contributed by atoms with Crippen molar-refractivity contribution in [3.8, 4) is 0 Å². The van der Waals surface area contributed by atoms with Crippen LogP contribution in [0.2, 0.25) is 0 Å². The molecule has 0 aromatic carbocycles. The molecule has 0 saturated carbocycles. The van der Waals surface area contributed by atoms with Gasteiger partial charge in [-0.1, -0.05) is 6.92 Å². The molecule has 0 unspecified atom stereocenters. The maximum Gasteiger partial charge on any atom is 0.148 e. The lowest BCUT2D eigenvalue weighted by Crippen LogP contribution is -2.29. The van der Waals surface area contributed by atoms with Crippen molar-refractivity contribution < 1.29 is 0 Å². The molecule has 0 aliphatic heterocycles. The molecule has 0 bridgehead atoms. The average molecular weight is 152 g/mol. The monoisotopic (exact) mass is 152 g/mol. The van der Waals surface area contributed by atoms with Gasteiger partial charge in [-0.05, 0) is 12.5 Å². The van der Waals surface area contributed by atoms with E-state index in [1.165, 1.54) is 4.68 Å². The number of nitrogens with two attached hydrogens (primary N) is 2. The molecule has 0 fully saturated rings. The highest BCUT2D eigenvalue weighted by molar-refractivity contribution is 5.44. The summed E-state index contributed by atoms with van der Waals surface area (Å²) in [5.41, 5.74) is 7.34. The van der Waals surface area contributed by atoms with E-state index in [1.807, 2.05) is 6.92 Å². The summed E-state index contributed by atoms with van der Waals surface area (Å²) in [5.74, 6) is 5.44. The summed E-state index contributed by atoms with van der Waals surface area (Å²) >= 11 is 0. The van der Waals surface area contributed by atoms with Crippen LogP contribution in [0.5, 0.6) is 0 Å². The van der Waals surface area contributed by atoms with Gasteiger partial charge >= 0.3 is 0 Å². The van der Waals surface area contributed by atoms with Crippen LogP contribution >= 0.6 is 0 Å². The molecule has 1 aromatic heterocycles. The molecule has 1 rings (SSSR count). The quantitative estimate of drug-likeness (QED) is 0.488. The fourth-order valence-electron chi connectivity index (χ4n) is 1.000. The lowest BCUT2D eigenvalue weighted by Gasteiger charge is -2.05. The van der Waals surface area contributed by atoms with E-state index in [0.717, 1.165) is 12.0 Å². The molecule has 0 aliphatic carbocycles. The Kier molecular flexibility index (Phi) is 1.85. The van der Waals surface area contributed by atoms with E-state index < -0.39 is 0 Å². The van der Waals surface area contributed by atoms with Crippen molar-refractivity contribution in [2.24, 2.45) is 0 Å². The molecular formula is C7H12N4. The highest BCUT2D eigenvalue weighted by Crippen LogP contribution is 2.03. The Morgan fingerprint density at radius 1 is 1.64 bits per heavy atom. The number of anilines is 1. The Bertz CT molecular complexity index is 313. The Morgan fingerprint density at radius 2 is 2.27 bits per heavy atom. The van der Waals surface area contributed by atoms with Crippen molar-refractivity contribution >= 4 is 5.69 Å². The standard InChI is InChI=1S/C7H12N4/c1-2-5-6(8)3-4-11(10)7(5)9/h3-4,9H,2,8,10H2,1H3. The zero-order valence-electron chi connectivity index (χ0n) is 6.46. The van der Waals surface area contributed by atoms with E-state index in [2.05, 4.69) is 0 Å². The molecule has 1 aromatic rings. The first-order valence-corrected chi connectivity index (χ1v) is 3.46. The molecule has 5 N–H and O–H groups in total. The highest BCUT2D eigenvalue weighted by Gasteiger charge is 1.99. The molecule has 0 spiro atoms. The summed E-state index contributed by atoms with van der Waals surface area (Å²) in [7, 11) is 0. The third-order valence-electron chi connectivity index (χ3n) is 1.66. The van der Waals surface area contributed by atoms with Crippen LogP contribution in [-0.2, 0) is 6.42 Å². The minimum Gasteiger partial charge on any atom is -0.398 e. The Balaban J connectivity index is 3.41. The molecule has 0 saturated heterocycles. The third-order valence-corrected chi connectivity index (χ3v) is 1.66. The number of rotatable bonds is 1. The number of nitrogens with one attached hydrogen (secondary N) is 1. The van der Waals surface area contributed by atoms with Crippen LogP contribution in [0.3, 0.4) is 0 Å². The summed E-state index contributed by atoms with van der Waals surface area (Å²) in [5, 5.41) is 7.49. The summed E-state index contributed by atoms with van der Waals surface area (Å²) in [4.78, 5) is 0. The second-order valence-electron chi connectivity index (χ2n) is 2.36. The van der Waals surface area contributed by atoms with Gasteiger partial charge in [0.1, 0.15) is 5.49 Å². The lowest BCUT2D eigenvalue weighted by atomic mass is 10.2. The zero-order valence-corrected chi connectivity index (χ0v) is 6.46. The van der Waals surface area contributed by atoms with Gasteiger partial charge in [0.2, 0.25) is 0 Å². The summed E-state index contributed by atoms with van der Waals surface area (Å²) < 4.78 is 1.26. The molecule has 11 heavy (non-hydrogen) atoms. The first kappa shape index (κ1) is 7.65. The van der Waals surface area contributed by atoms with Crippen LogP contribution in [0.15, 0.2) is 12.3 Å². The van der Waals surface area contributed by atoms with Crippen LogP contribution in [0.25, 0.3) is 0 Å². The van der Waals surface area contributed by atoms with Crippen LogP contribution in [0.4, 0.5) is 5.69 Å². The van der Waals surface area contributed by atoms with Crippen LogP contribution in [0, 0.1) is 5.41 Å². The predicted molar refractivity (Wildman–Crippen MR) is 44.2 cm³/mol. The minimum atomic E-state index is 0.285. The van der Waals surface area contributed by atoms with Gasteiger partial charge in [0.05, 0.1) is 0 Å². The Morgan fingerprint density at radius 3 is 2.73 bits per heavy atom.